The van der Waals surface area contributed by atoms with Crippen molar-refractivity contribution in [1.82, 2.24) is 19.6 Å². The summed E-state index contributed by atoms with van der Waals surface area (Å²) in [6.45, 7) is 6.38. The lowest BCUT2D eigenvalue weighted by atomic mass is 10.1. The molecule has 1 aromatic heterocycles. The Bertz CT molecular complexity index is 1080. The van der Waals surface area contributed by atoms with E-state index in [4.69, 9.17) is 9.73 Å². The lowest BCUT2D eigenvalue weighted by Gasteiger charge is -2.33. The number of rotatable bonds is 4. The van der Waals surface area contributed by atoms with Gasteiger partial charge in [-0.15, -0.1) is 9.78 Å². The Morgan fingerprint density at radius 3 is 2.43 bits per heavy atom. The van der Waals surface area contributed by atoms with Crippen molar-refractivity contribution in [2.24, 2.45) is 4.99 Å². The minimum atomic E-state index is -0.686. The lowest BCUT2D eigenvalue weighted by molar-refractivity contribution is -0.553. The summed E-state index contributed by atoms with van der Waals surface area (Å²) in [6, 6.07) is 8.57. The van der Waals surface area contributed by atoms with Crippen LogP contribution in [0.2, 0.25) is 0 Å². The molecular formula is C21H25N6O3+. The molecule has 1 unspecified atom stereocenters. The van der Waals surface area contributed by atoms with E-state index in [9.17, 15) is 9.59 Å². The molecule has 1 aromatic carbocycles. The third-order valence-electron chi connectivity index (χ3n) is 5.42. The average molecular weight is 409 g/mol. The van der Waals surface area contributed by atoms with Gasteiger partial charge in [0.2, 0.25) is 11.9 Å². The van der Waals surface area contributed by atoms with Crippen LogP contribution in [0.25, 0.3) is 0 Å². The molecule has 1 fully saturated rings. The van der Waals surface area contributed by atoms with Gasteiger partial charge in [-0.05, 0) is 44.5 Å². The molecule has 156 valence electrons. The summed E-state index contributed by atoms with van der Waals surface area (Å²) in [7, 11) is 3.27. The normalized spacial score (nSPS) is 18.8. The molecule has 30 heavy (non-hydrogen) atoms. The first-order chi connectivity index (χ1) is 14.3. The monoisotopic (exact) mass is 409 g/mol. The van der Waals surface area contributed by atoms with Crippen LogP contribution in [0.3, 0.4) is 0 Å². The van der Waals surface area contributed by atoms with Gasteiger partial charge < -0.3 is 4.74 Å². The second-order valence-corrected chi connectivity index (χ2v) is 7.41. The second-order valence-electron chi connectivity index (χ2n) is 7.41. The SMILES string of the molecule is CCN1C(=O)C2C(=NC(n3nc(C)cc3C)=[N+]2Cc2ccc(OC)cc2)N(C)C1=O. The van der Waals surface area contributed by atoms with Gasteiger partial charge in [-0.3, -0.25) is 14.6 Å². The highest BCUT2D eigenvalue weighted by Gasteiger charge is 2.52. The molecule has 4 rings (SSSR count). The Morgan fingerprint density at radius 2 is 1.87 bits per heavy atom. The van der Waals surface area contributed by atoms with Crippen LogP contribution < -0.4 is 4.74 Å². The summed E-state index contributed by atoms with van der Waals surface area (Å²) in [5.74, 6) is 1.44. The highest BCUT2D eigenvalue weighted by Crippen LogP contribution is 2.23. The molecule has 3 amide bonds. The van der Waals surface area contributed by atoms with Crippen molar-refractivity contribution >= 4 is 23.7 Å². The third-order valence-corrected chi connectivity index (χ3v) is 5.42. The van der Waals surface area contributed by atoms with E-state index in [1.165, 1.54) is 9.80 Å². The predicted octanol–water partition coefficient (Wildman–Crippen LogP) is 1.62. The Hall–Kier alpha value is -3.49. The zero-order chi connectivity index (χ0) is 21.6. The van der Waals surface area contributed by atoms with Crippen molar-refractivity contribution in [2.45, 2.75) is 33.4 Å². The number of likely N-dealkylation sites (N-methyl/N-ethyl adjacent to an activating group) is 2. The van der Waals surface area contributed by atoms with Gasteiger partial charge in [0.05, 0.1) is 19.3 Å². The van der Waals surface area contributed by atoms with Gasteiger partial charge in [0.15, 0.2) is 0 Å². The molecule has 0 N–H and O–H groups in total. The number of aromatic nitrogens is 2. The molecule has 0 radical (unpaired) electrons. The maximum absolute atomic E-state index is 13.3. The van der Waals surface area contributed by atoms with Gasteiger partial charge in [0, 0.05) is 13.6 Å². The summed E-state index contributed by atoms with van der Waals surface area (Å²) in [5.41, 5.74) is 2.74. The quantitative estimate of drug-likeness (QED) is 0.719. The number of urea groups is 1. The summed E-state index contributed by atoms with van der Waals surface area (Å²) in [6.07, 6.45) is 0. The van der Waals surface area contributed by atoms with Gasteiger partial charge in [-0.25, -0.2) is 9.37 Å². The largest absolute Gasteiger partial charge is 0.497 e. The number of benzene rings is 1. The fraction of sp³-hybridized carbons (Fsp3) is 0.381. The fourth-order valence-corrected chi connectivity index (χ4v) is 3.89. The molecule has 2 aromatic rings. The van der Waals surface area contributed by atoms with Crippen LogP contribution in [-0.4, -0.2) is 74.6 Å². The highest BCUT2D eigenvalue weighted by atomic mass is 16.5. The highest BCUT2D eigenvalue weighted by molar-refractivity contribution is 6.22. The Labute approximate surface area is 174 Å². The van der Waals surface area contributed by atoms with Crippen LogP contribution in [0.1, 0.15) is 23.9 Å². The van der Waals surface area contributed by atoms with E-state index >= 15 is 0 Å². The Kier molecular flexibility index (Phi) is 4.89. The Balaban J connectivity index is 1.84. The van der Waals surface area contributed by atoms with E-state index in [2.05, 4.69) is 5.10 Å². The number of aryl methyl sites for hydroxylation is 2. The first kappa shape index (κ1) is 19.8. The number of amides is 3. The first-order valence-electron chi connectivity index (χ1n) is 9.83. The number of aliphatic imine (C=N–C) groups is 1. The molecule has 9 heteroatoms. The van der Waals surface area contributed by atoms with Gasteiger partial charge in [0.1, 0.15) is 11.4 Å². The molecule has 3 heterocycles. The maximum atomic E-state index is 13.3. The molecule has 0 spiro atoms. The van der Waals surface area contributed by atoms with Gasteiger partial charge in [-0.2, -0.15) is 0 Å². The van der Waals surface area contributed by atoms with Crippen LogP contribution in [0.15, 0.2) is 35.3 Å². The number of fused-ring (bicyclic) bond motifs is 1. The number of hydrogen-bond donors (Lipinski definition) is 0. The van der Waals surface area contributed by atoms with Crippen LogP contribution in [-0.2, 0) is 11.3 Å². The fourth-order valence-electron chi connectivity index (χ4n) is 3.89. The van der Waals surface area contributed by atoms with Crippen molar-refractivity contribution in [3.05, 3.63) is 47.3 Å². The third kappa shape index (κ3) is 3.06. The number of carbonyl (C=O) groups excluding carboxylic acids is 2. The molecule has 2 aliphatic heterocycles. The summed E-state index contributed by atoms with van der Waals surface area (Å²) < 4.78 is 8.88. The number of hydrogen-bond acceptors (Lipinski definition) is 5. The zero-order valence-corrected chi connectivity index (χ0v) is 17.8. The molecule has 0 bridgehead atoms. The molecule has 0 saturated carbocycles. The van der Waals surface area contributed by atoms with Crippen molar-refractivity contribution in [2.75, 3.05) is 20.7 Å². The minimum Gasteiger partial charge on any atom is -0.497 e. The smallest absolute Gasteiger partial charge is 0.421 e. The van der Waals surface area contributed by atoms with Gasteiger partial charge >= 0.3 is 12.0 Å². The van der Waals surface area contributed by atoms with Crippen LogP contribution >= 0.6 is 0 Å². The number of imide groups is 1. The molecule has 9 nitrogen and oxygen atoms in total. The van der Waals surface area contributed by atoms with Crippen LogP contribution in [0.5, 0.6) is 5.75 Å². The number of carbonyl (C=O) groups is 2. The minimum absolute atomic E-state index is 0.274. The van der Waals surface area contributed by atoms with E-state index in [1.54, 1.807) is 25.8 Å². The van der Waals surface area contributed by atoms with Crippen molar-refractivity contribution in [3.8, 4) is 5.75 Å². The zero-order valence-electron chi connectivity index (χ0n) is 17.8. The van der Waals surface area contributed by atoms with Crippen LogP contribution in [0, 0.1) is 13.8 Å². The molecule has 0 aliphatic carbocycles. The number of nitrogens with zero attached hydrogens (tertiary/aromatic N) is 6. The standard InChI is InChI=1S/C21H25N6O3/c1-6-25-19(28)17-18(24(4)21(25)29)22-20(27-14(3)11-13(2)23-27)26(17)12-15-7-9-16(30-5)10-8-15/h7-11,17H,6,12H2,1-5H3/q+1. The van der Waals surface area contributed by atoms with E-state index < -0.39 is 6.04 Å². The Morgan fingerprint density at radius 1 is 1.17 bits per heavy atom. The first-order valence-corrected chi connectivity index (χ1v) is 9.83. The maximum Gasteiger partial charge on any atom is 0.421 e. The summed E-state index contributed by atoms with van der Waals surface area (Å²) in [4.78, 5) is 33.3. The molecular weight excluding hydrogens is 384 g/mol. The molecule has 2 aliphatic rings. The average Bonchev–Trinajstić information content (AvgIpc) is 3.26. The van der Waals surface area contributed by atoms with Crippen molar-refractivity contribution in [1.29, 1.82) is 0 Å². The van der Waals surface area contributed by atoms with Crippen molar-refractivity contribution in [3.63, 3.8) is 0 Å². The van der Waals surface area contributed by atoms with E-state index in [-0.39, 0.29) is 11.9 Å². The summed E-state index contributed by atoms with van der Waals surface area (Å²) >= 11 is 0. The number of amidine groups is 1. The molecule has 1 atom stereocenters. The lowest BCUT2D eigenvalue weighted by Crippen LogP contribution is -2.62. The van der Waals surface area contributed by atoms with Crippen LogP contribution in [0.4, 0.5) is 4.79 Å². The predicted molar refractivity (Wildman–Crippen MR) is 111 cm³/mol. The number of methoxy groups -OCH3 is 1. The van der Waals surface area contributed by atoms with E-state index in [0.29, 0.717) is 24.9 Å². The van der Waals surface area contributed by atoms with Gasteiger partial charge in [0.25, 0.3) is 5.91 Å². The topological polar surface area (TPSA) is 83.0 Å². The van der Waals surface area contributed by atoms with Crippen molar-refractivity contribution < 1.29 is 18.9 Å². The van der Waals surface area contributed by atoms with Gasteiger partial charge in [-0.1, -0.05) is 17.1 Å². The van der Waals surface area contributed by atoms with E-state index in [1.807, 2.05) is 48.8 Å². The molecule has 1 saturated heterocycles. The summed E-state index contributed by atoms with van der Waals surface area (Å²) in [5, 5.41) is 4.56. The van der Waals surface area contributed by atoms with E-state index in [0.717, 1.165) is 22.7 Å². The second kappa shape index (κ2) is 7.40. The number of ether oxygens (including phenoxy) is 1.